The fourth-order valence-corrected chi connectivity index (χ4v) is 0.386. The summed E-state index contributed by atoms with van der Waals surface area (Å²) in [6.45, 7) is 8.61. The molecule has 0 nitrogen and oxygen atoms in total. The summed E-state index contributed by atoms with van der Waals surface area (Å²) >= 11 is 0. The molecule has 9 heavy (non-hydrogen) atoms. The van der Waals surface area contributed by atoms with E-state index in [4.69, 9.17) is 13.0 Å². The van der Waals surface area contributed by atoms with Crippen LogP contribution in [0, 0.1) is 24.8 Å². The van der Waals surface area contributed by atoms with Crippen molar-refractivity contribution in [3.05, 3.63) is 37.5 Å². The maximum absolute atomic E-state index is 5.10. The second-order valence-electron chi connectivity index (χ2n) is 1.51. The largest absolute Gasteiger partial charge is 0.119 e. The van der Waals surface area contributed by atoms with Crippen molar-refractivity contribution >= 4 is 0 Å². The molecule has 0 bridgehead atoms. The van der Waals surface area contributed by atoms with Crippen molar-refractivity contribution in [1.82, 2.24) is 0 Å². The Kier molecular flexibility index (Phi) is 4.26. The molecule has 0 saturated carbocycles. The van der Waals surface area contributed by atoms with Crippen molar-refractivity contribution in [2.24, 2.45) is 5.92 Å². The van der Waals surface area contributed by atoms with E-state index in [1.807, 2.05) is 0 Å². The molecule has 0 amide bonds. The fraction of sp³-hybridized carbons (Fsp3) is 0.111. The zero-order valence-electron chi connectivity index (χ0n) is 5.25. The van der Waals surface area contributed by atoms with Gasteiger partial charge in [0.05, 0.1) is 5.92 Å². The molecule has 0 aliphatic rings. The van der Waals surface area contributed by atoms with Gasteiger partial charge in [0.1, 0.15) is 0 Å². The summed E-state index contributed by atoms with van der Waals surface area (Å²) in [5.41, 5.74) is 0. The van der Waals surface area contributed by atoms with Gasteiger partial charge >= 0.3 is 0 Å². The topological polar surface area (TPSA) is 0 Å². The van der Waals surface area contributed by atoms with Crippen LogP contribution in [0.5, 0.6) is 0 Å². The molecular weight excluding hydrogens is 108 g/mol. The number of hydrogen-bond donors (Lipinski definition) is 0. The zero-order chi connectivity index (χ0) is 7.11. The van der Waals surface area contributed by atoms with E-state index in [9.17, 15) is 0 Å². The lowest BCUT2D eigenvalue weighted by Crippen LogP contribution is -1.81. The molecule has 0 heteroatoms. The second-order valence-corrected chi connectivity index (χ2v) is 1.51. The van der Waals surface area contributed by atoms with Crippen LogP contribution in [-0.4, -0.2) is 0 Å². The molecule has 45 valence electrons. The molecule has 0 fully saturated rings. The lowest BCUT2D eigenvalue weighted by atomic mass is 10.1. The van der Waals surface area contributed by atoms with E-state index in [1.165, 1.54) is 6.08 Å². The van der Waals surface area contributed by atoms with Gasteiger partial charge in [0, 0.05) is 0 Å². The molecule has 0 rings (SSSR count). The minimum Gasteiger partial charge on any atom is -0.119 e. The fourth-order valence-electron chi connectivity index (χ4n) is 0.386. The Morgan fingerprint density at radius 1 is 1.56 bits per heavy atom. The number of rotatable bonds is 3. The minimum absolute atomic E-state index is 0.00444. The maximum Gasteiger partial charge on any atom is 0.0561 e. The molecule has 0 aliphatic heterocycles. The molecule has 1 radical (unpaired) electrons. The second kappa shape index (κ2) is 4.93. The average molecular weight is 117 g/mol. The van der Waals surface area contributed by atoms with Crippen LogP contribution in [0.4, 0.5) is 0 Å². The minimum atomic E-state index is 0.00444. The average Bonchev–Trinajstić information content (AvgIpc) is 1.91. The van der Waals surface area contributed by atoms with E-state index >= 15 is 0 Å². The smallest absolute Gasteiger partial charge is 0.0561 e. The van der Waals surface area contributed by atoms with E-state index in [2.05, 4.69) is 12.5 Å². The highest BCUT2D eigenvalue weighted by Gasteiger charge is 1.86. The molecule has 0 aromatic rings. The van der Waals surface area contributed by atoms with Crippen molar-refractivity contribution in [3.8, 4) is 12.3 Å². The van der Waals surface area contributed by atoms with Gasteiger partial charge in [-0.3, -0.25) is 0 Å². The van der Waals surface area contributed by atoms with E-state index in [0.717, 1.165) is 0 Å². The SMILES string of the molecule is [CH]=C/C=C/C(C#C)C=C. The zero-order valence-corrected chi connectivity index (χ0v) is 5.25. The van der Waals surface area contributed by atoms with Crippen LogP contribution in [0.3, 0.4) is 0 Å². The van der Waals surface area contributed by atoms with Crippen LogP contribution in [0.25, 0.3) is 0 Å². The van der Waals surface area contributed by atoms with E-state index in [1.54, 1.807) is 18.2 Å². The Bertz CT molecular complexity index is 155. The van der Waals surface area contributed by atoms with Gasteiger partial charge in [-0.25, -0.2) is 0 Å². The Hall–Kier alpha value is -1.22. The number of hydrogen-bond acceptors (Lipinski definition) is 0. The van der Waals surface area contributed by atoms with Gasteiger partial charge in [-0.1, -0.05) is 36.8 Å². The van der Waals surface area contributed by atoms with Crippen molar-refractivity contribution in [2.75, 3.05) is 0 Å². The number of terminal acetylenes is 1. The summed E-state index contributed by atoms with van der Waals surface area (Å²) in [6, 6.07) is 0. The molecular formula is C9H9. The highest BCUT2D eigenvalue weighted by atomic mass is 13.9. The Balaban J connectivity index is 3.86. The lowest BCUT2D eigenvalue weighted by Gasteiger charge is -1.90. The summed E-state index contributed by atoms with van der Waals surface area (Å²) in [5.74, 6) is 2.51. The Morgan fingerprint density at radius 2 is 2.22 bits per heavy atom. The summed E-state index contributed by atoms with van der Waals surface area (Å²) < 4.78 is 0. The molecule has 0 heterocycles. The summed E-state index contributed by atoms with van der Waals surface area (Å²) in [5, 5.41) is 0. The standard InChI is InChI=1S/C9H9/c1-4-7-8-9(5-2)6-3/h1-2,4,6-9H,3H2/b4-1?,8-7+. The molecule has 0 aliphatic carbocycles. The van der Waals surface area contributed by atoms with Crippen molar-refractivity contribution < 1.29 is 0 Å². The highest BCUT2D eigenvalue weighted by Crippen LogP contribution is 1.96. The van der Waals surface area contributed by atoms with Crippen LogP contribution < -0.4 is 0 Å². The van der Waals surface area contributed by atoms with Crippen molar-refractivity contribution in [1.29, 1.82) is 0 Å². The molecule has 0 N–H and O–H groups in total. The predicted molar refractivity (Wildman–Crippen MR) is 40.5 cm³/mol. The predicted octanol–water partition coefficient (Wildman–Crippen LogP) is 1.97. The first-order chi connectivity index (χ1) is 4.35. The molecule has 1 atom stereocenters. The highest BCUT2D eigenvalue weighted by molar-refractivity contribution is 5.15. The van der Waals surface area contributed by atoms with Crippen LogP contribution in [-0.2, 0) is 0 Å². The van der Waals surface area contributed by atoms with Gasteiger partial charge in [-0.05, 0) is 0 Å². The molecule has 1 unspecified atom stereocenters. The number of allylic oxidation sites excluding steroid dienone is 4. The van der Waals surface area contributed by atoms with Crippen LogP contribution in [0.2, 0.25) is 0 Å². The van der Waals surface area contributed by atoms with Crippen LogP contribution >= 0.6 is 0 Å². The quantitative estimate of drug-likeness (QED) is 0.301. The first-order valence-electron chi connectivity index (χ1n) is 2.65. The van der Waals surface area contributed by atoms with Crippen molar-refractivity contribution in [2.45, 2.75) is 0 Å². The molecule has 0 aromatic heterocycles. The molecule has 0 aromatic carbocycles. The van der Waals surface area contributed by atoms with E-state index in [-0.39, 0.29) is 5.92 Å². The summed E-state index contributed by atoms with van der Waals surface area (Å²) in [7, 11) is 0. The summed E-state index contributed by atoms with van der Waals surface area (Å²) in [4.78, 5) is 0. The first-order valence-corrected chi connectivity index (χ1v) is 2.65. The third-order valence-electron chi connectivity index (χ3n) is 0.876. The first kappa shape index (κ1) is 7.78. The van der Waals surface area contributed by atoms with Crippen molar-refractivity contribution in [3.63, 3.8) is 0 Å². The Labute approximate surface area is 56.6 Å². The Morgan fingerprint density at radius 3 is 2.56 bits per heavy atom. The lowest BCUT2D eigenvalue weighted by molar-refractivity contribution is 1.13. The van der Waals surface area contributed by atoms with Gasteiger partial charge < -0.3 is 0 Å². The van der Waals surface area contributed by atoms with Gasteiger partial charge in [0.15, 0.2) is 0 Å². The third kappa shape index (κ3) is 3.37. The maximum atomic E-state index is 5.10. The van der Waals surface area contributed by atoms with E-state index < -0.39 is 0 Å². The monoisotopic (exact) mass is 117 g/mol. The van der Waals surface area contributed by atoms with Gasteiger partial charge in [0.25, 0.3) is 0 Å². The third-order valence-corrected chi connectivity index (χ3v) is 0.876. The van der Waals surface area contributed by atoms with Crippen LogP contribution in [0.15, 0.2) is 30.9 Å². The normalized spacial score (nSPS) is 12.3. The van der Waals surface area contributed by atoms with Gasteiger partial charge in [-0.2, -0.15) is 0 Å². The van der Waals surface area contributed by atoms with Gasteiger partial charge in [0.2, 0.25) is 0 Å². The van der Waals surface area contributed by atoms with E-state index in [0.29, 0.717) is 0 Å². The molecule has 0 spiro atoms. The van der Waals surface area contributed by atoms with Crippen LogP contribution in [0.1, 0.15) is 0 Å². The van der Waals surface area contributed by atoms with Gasteiger partial charge in [-0.15, -0.1) is 13.0 Å². The summed E-state index contributed by atoms with van der Waals surface area (Å²) in [6.07, 6.45) is 11.7. The molecule has 0 saturated heterocycles.